The van der Waals surface area contributed by atoms with Crippen LogP contribution in [0.3, 0.4) is 0 Å². The summed E-state index contributed by atoms with van der Waals surface area (Å²) in [7, 11) is 0. The number of nitrogens with one attached hydrogen (secondary N) is 1. The molecule has 0 aliphatic carbocycles. The van der Waals surface area contributed by atoms with Crippen molar-refractivity contribution in [3.8, 4) is 0 Å². The Balaban J connectivity index is 2.39. The van der Waals surface area contributed by atoms with Crippen molar-refractivity contribution in [2.24, 2.45) is 5.92 Å². The topological polar surface area (TPSA) is 49.3 Å². The van der Waals surface area contributed by atoms with E-state index in [2.05, 4.69) is 5.32 Å². The monoisotopic (exact) mass is 235 g/mol. The SMILES string of the molecule is CCCC(O)[C@H](C)C(=O)NCc1ccccc1. The lowest BCUT2D eigenvalue weighted by atomic mass is 10.00. The molecule has 1 amide bonds. The minimum absolute atomic E-state index is 0.0881. The van der Waals surface area contributed by atoms with Gasteiger partial charge in [-0.2, -0.15) is 0 Å². The van der Waals surface area contributed by atoms with Crippen LogP contribution in [0.4, 0.5) is 0 Å². The number of carbonyl (C=O) groups excluding carboxylic acids is 1. The van der Waals surface area contributed by atoms with Gasteiger partial charge in [0.1, 0.15) is 0 Å². The number of aliphatic hydroxyl groups excluding tert-OH is 1. The van der Waals surface area contributed by atoms with Gasteiger partial charge in [0.25, 0.3) is 0 Å². The number of benzene rings is 1. The van der Waals surface area contributed by atoms with Crippen molar-refractivity contribution in [1.29, 1.82) is 0 Å². The van der Waals surface area contributed by atoms with Crippen LogP contribution in [0.25, 0.3) is 0 Å². The van der Waals surface area contributed by atoms with E-state index in [-0.39, 0.29) is 11.8 Å². The first-order valence-electron chi connectivity index (χ1n) is 6.14. The summed E-state index contributed by atoms with van der Waals surface area (Å²) in [5, 5.41) is 12.6. The summed E-state index contributed by atoms with van der Waals surface area (Å²) >= 11 is 0. The second-order valence-corrected chi connectivity index (χ2v) is 4.35. The number of aliphatic hydroxyl groups is 1. The van der Waals surface area contributed by atoms with E-state index in [1.807, 2.05) is 37.3 Å². The largest absolute Gasteiger partial charge is 0.392 e. The Labute approximate surface area is 103 Å². The van der Waals surface area contributed by atoms with Crippen LogP contribution in [-0.2, 0) is 11.3 Å². The molecule has 0 aromatic heterocycles. The fourth-order valence-corrected chi connectivity index (χ4v) is 1.67. The lowest BCUT2D eigenvalue weighted by molar-refractivity contribution is -0.128. The van der Waals surface area contributed by atoms with Gasteiger partial charge in [0.15, 0.2) is 0 Å². The zero-order valence-electron chi connectivity index (χ0n) is 10.5. The van der Waals surface area contributed by atoms with Gasteiger partial charge < -0.3 is 10.4 Å². The molecule has 94 valence electrons. The van der Waals surface area contributed by atoms with Crippen molar-refractivity contribution in [2.75, 3.05) is 0 Å². The number of amides is 1. The van der Waals surface area contributed by atoms with Crippen LogP contribution in [0.1, 0.15) is 32.3 Å². The quantitative estimate of drug-likeness (QED) is 0.793. The van der Waals surface area contributed by atoms with Crippen molar-refractivity contribution >= 4 is 5.91 Å². The average molecular weight is 235 g/mol. The number of rotatable bonds is 6. The van der Waals surface area contributed by atoms with E-state index < -0.39 is 6.10 Å². The first-order chi connectivity index (χ1) is 8.15. The molecule has 0 aliphatic heterocycles. The molecule has 17 heavy (non-hydrogen) atoms. The van der Waals surface area contributed by atoms with E-state index in [0.717, 1.165) is 12.0 Å². The van der Waals surface area contributed by atoms with Crippen molar-refractivity contribution in [1.82, 2.24) is 5.32 Å². The number of hydrogen-bond acceptors (Lipinski definition) is 2. The molecule has 0 heterocycles. The average Bonchev–Trinajstić information content (AvgIpc) is 2.36. The molecular formula is C14H21NO2. The Morgan fingerprint density at radius 3 is 2.59 bits per heavy atom. The zero-order chi connectivity index (χ0) is 12.7. The predicted octanol–water partition coefficient (Wildman–Crippen LogP) is 2.10. The highest BCUT2D eigenvalue weighted by atomic mass is 16.3. The third-order valence-electron chi connectivity index (χ3n) is 2.88. The van der Waals surface area contributed by atoms with Crippen LogP contribution in [0.2, 0.25) is 0 Å². The van der Waals surface area contributed by atoms with Gasteiger partial charge in [0.2, 0.25) is 5.91 Å². The molecular weight excluding hydrogens is 214 g/mol. The molecule has 3 heteroatoms. The Morgan fingerprint density at radius 2 is 2.00 bits per heavy atom. The fourth-order valence-electron chi connectivity index (χ4n) is 1.67. The van der Waals surface area contributed by atoms with Gasteiger partial charge in [-0.25, -0.2) is 0 Å². The Morgan fingerprint density at radius 1 is 1.35 bits per heavy atom. The van der Waals surface area contributed by atoms with E-state index in [1.165, 1.54) is 0 Å². The Bertz CT molecular complexity index is 337. The first kappa shape index (κ1) is 13.7. The Hall–Kier alpha value is -1.35. The lowest BCUT2D eigenvalue weighted by Crippen LogP contribution is -2.35. The molecule has 0 saturated heterocycles. The van der Waals surface area contributed by atoms with Crippen LogP contribution in [0.5, 0.6) is 0 Å². The van der Waals surface area contributed by atoms with Gasteiger partial charge in [-0.15, -0.1) is 0 Å². The van der Waals surface area contributed by atoms with Crippen LogP contribution < -0.4 is 5.32 Å². The number of carbonyl (C=O) groups is 1. The summed E-state index contributed by atoms with van der Waals surface area (Å²) in [5.41, 5.74) is 1.07. The summed E-state index contributed by atoms with van der Waals surface area (Å²) in [6, 6.07) is 9.76. The van der Waals surface area contributed by atoms with Gasteiger partial charge in [0.05, 0.1) is 12.0 Å². The predicted molar refractivity (Wildman–Crippen MR) is 68.4 cm³/mol. The van der Waals surface area contributed by atoms with Crippen molar-refractivity contribution in [3.05, 3.63) is 35.9 Å². The Kier molecular flexibility index (Phi) is 5.70. The second kappa shape index (κ2) is 7.07. The van der Waals surface area contributed by atoms with E-state index in [0.29, 0.717) is 13.0 Å². The molecule has 0 radical (unpaired) electrons. The first-order valence-corrected chi connectivity index (χ1v) is 6.14. The molecule has 1 aromatic carbocycles. The molecule has 0 bridgehead atoms. The third kappa shape index (κ3) is 4.57. The molecule has 2 atom stereocenters. The fraction of sp³-hybridized carbons (Fsp3) is 0.500. The summed E-state index contributed by atoms with van der Waals surface area (Å²) < 4.78 is 0. The highest BCUT2D eigenvalue weighted by Gasteiger charge is 2.20. The van der Waals surface area contributed by atoms with Crippen LogP contribution >= 0.6 is 0 Å². The summed E-state index contributed by atoms with van der Waals surface area (Å²) in [5.74, 6) is -0.437. The van der Waals surface area contributed by atoms with Gasteiger partial charge in [-0.1, -0.05) is 50.6 Å². The summed E-state index contributed by atoms with van der Waals surface area (Å²) in [4.78, 5) is 11.8. The maximum atomic E-state index is 11.8. The highest BCUT2D eigenvalue weighted by molar-refractivity contribution is 5.78. The molecule has 2 N–H and O–H groups in total. The van der Waals surface area contributed by atoms with Gasteiger partial charge in [-0.05, 0) is 12.0 Å². The van der Waals surface area contributed by atoms with Crippen molar-refractivity contribution in [3.63, 3.8) is 0 Å². The molecule has 3 nitrogen and oxygen atoms in total. The second-order valence-electron chi connectivity index (χ2n) is 4.35. The normalized spacial score (nSPS) is 14.1. The summed E-state index contributed by atoms with van der Waals surface area (Å²) in [6.07, 6.45) is 1.01. The lowest BCUT2D eigenvalue weighted by Gasteiger charge is -2.17. The van der Waals surface area contributed by atoms with Gasteiger partial charge >= 0.3 is 0 Å². The molecule has 1 unspecified atom stereocenters. The van der Waals surface area contributed by atoms with Crippen molar-refractivity contribution in [2.45, 2.75) is 39.3 Å². The number of hydrogen-bond donors (Lipinski definition) is 2. The highest BCUT2D eigenvalue weighted by Crippen LogP contribution is 2.09. The van der Waals surface area contributed by atoms with Crippen molar-refractivity contribution < 1.29 is 9.90 Å². The van der Waals surface area contributed by atoms with E-state index in [9.17, 15) is 9.90 Å². The maximum absolute atomic E-state index is 11.8. The molecule has 0 fully saturated rings. The van der Waals surface area contributed by atoms with Gasteiger partial charge in [0, 0.05) is 6.54 Å². The molecule has 0 aliphatic rings. The van der Waals surface area contributed by atoms with E-state index in [1.54, 1.807) is 6.92 Å². The molecule has 0 spiro atoms. The van der Waals surface area contributed by atoms with Crippen LogP contribution in [0.15, 0.2) is 30.3 Å². The minimum Gasteiger partial charge on any atom is -0.392 e. The maximum Gasteiger partial charge on any atom is 0.225 e. The standard InChI is InChI=1S/C14H21NO2/c1-3-7-13(16)11(2)14(17)15-10-12-8-5-4-6-9-12/h4-6,8-9,11,13,16H,3,7,10H2,1-2H3,(H,15,17)/t11-,13?/m0/s1. The van der Waals surface area contributed by atoms with Crippen LogP contribution in [0, 0.1) is 5.92 Å². The van der Waals surface area contributed by atoms with E-state index >= 15 is 0 Å². The minimum atomic E-state index is -0.546. The zero-order valence-corrected chi connectivity index (χ0v) is 10.5. The van der Waals surface area contributed by atoms with Gasteiger partial charge in [-0.3, -0.25) is 4.79 Å². The van der Waals surface area contributed by atoms with E-state index in [4.69, 9.17) is 0 Å². The summed E-state index contributed by atoms with van der Waals surface area (Å²) in [6.45, 7) is 4.28. The molecule has 1 rings (SSSR count). The molecule has 1 aromatic rings. The molecule has 0 saturated carbocycles. The third-order valence-corrected chi connectivity index (χ3v) is 2.88. The van der Waals surface area contributed by atoms with Crippen LogP contribution in [-0.4, -0.2) is 17.1 Å². The smallest absolute Gasteiger partial charge is 0.225 e.